The highest BCUT2D eigenvalue weighted by Crippen LogP contribution is 2.34. The lowest BCUT2D eigenvalue weighted by Crippen LogP contribution is -2.50. The largest absolute Gasteiger partial charge is 0.484 e. The topological polar surface area (TPSA) is 51.5 Å². The molecule has 2 bridgehead atoms. The van der Waals surface area contributed by atoms with Gasteiger partial charge >= 0.3 is 0 Å². The quantitative estimate of drug-likeness (QED) is 0.862. The van der Waals surface area contributed by atoms with E-state index in [2.05, 4.69) is 0 Å². The van der Waals surface area contributed by atoms with Crippen molar-refractivity contribution < 1.29 is 9.53 Å². The van der Waals surface area contributed by atoms with Gasteiger partial charge in [0.05, 0.1) is 0 Å². The first-order valence-corrected chi connectivity index (χ1v) is 8.78. The Hall–Kier alpha value is -2.56. The van der Waals surface area contributed by atoms with Crippen molar-refractivity contribution in [3.05, 3.63) is 64.1 Å². The zero-order valence-corrected chi connectivity index (χ0v) is 14.4. The molecule has 2 aromatic rings. The number of benzene rings is 1. The molecule has 5 heteroatoms. The Bertz CT molecular complexity index is 858. The Morgan fingerprint density at radius 3 is 2.80 bits per heavy atom. The standard InChI is InChI=1S/C20H22N2O3/c1-14-5-2-3-7-18(14)25-13-20(24)21-10-15-9-16(12-21)17-6-4-8-19(23)22(17)11-15/h2-8,15-16H,9-13H2,1H3/t15-,16+/m1/s1. The molecule has 1 amide bonds. The van der Waals surface area contributed by atoms with Crippen LogP contribution in [0, 0.1) is 12.8 Å². The molecule has 0 aliphatic carbocycles. The molecule has 5 nitrogen and oxygen atoms in total. The molecule has 1 saturated heterocycles. The highest BCUT2D eigenvalue weighted by molar-refractivity contribution is 5.78. The molecule has 2 aliphatic rings. The van der Waals surface area contributed by atoms with Gasteiger partial charge in [-0.25, -0.2) is 0 Å². The number of carbonyl (C=O) groups excluding carboxylic acids is 1. The molecule has 2 atom stereocenters. The fourth-order valence-corrected chi connectivity index (χ4v) is 4.05. The molecule has 2 aliphatic heterocycles. The molecule has 0 spiro atoms. The average Bonchev–Trinajstić information content (AvgIpc) is 2.61. The molecular formula is C20H22N2O3. The van der Waals surface area contributed by atoms with Crippen molar-refractivity contribution >= 4 is 5.91 Å². The van der Waals surface area contributed by atoms with Crippen LogP contribution >= 0.6 is 0 Å². The van der Waals surface area contributed by atoms with Crippen molar-refractivity contribution in [2.24, 2.45) is 5.92 Å². The zero-order valence-electron chi connectivity index (χ0n) is 14.4. The Balaban J connectivity index is 1.46. The van der Waals surface area contributed by atoms with Gasteiger partial charge in [-0.3, -0.25) is 9.59 Å². The fraction of sp³-hybridized carbons (Fsp3) is 0.400. The van der Waals surface area contributed by atoms with E-state index in [0.29, 0.717) is 25.6 Å². The number of hydrogen-bond donors (Lipinski definition) is 0. The average molecular weight is 338 g/mol. The van der Waals surface area contributed by atoms with E-state index in [1.54, 1.807) is 6.07 Å². The maximum absolute atomic E-state index is 12.6. The number of carbonyl (C=O) groups is 1. The summed E-state index contributed by atoms with van der Waals surface area (Å²) in [6.07, 6.45) is 1.05. The second kappa shape index (κ2) is 6.39. The predicted molar refractivity (Wildman–Crippen MR) is 94.8 cm³/mol. The van der Waals surface area contributed by atoms with E-state index >= 15 is 0 Å². The number of hydrogen-bond acceptors (Lipinski definition) is 3. The molecule has 1 aromatic carbocycles. The molecule has 130 valence electrons. The molecule has 0 saturated carbocycles. The van der Waals surface area contributed by atoms with Gasteiger partial charge in [-0.1, -0.05) is 24.3 Å². The summed E-state index contributed by atoms with van der Waals surface area (Å²) in [6.45, 7) is 4.10. The highest BCUT2D eigenvalue weighted by Gasteiger charge is 2.36. The number of nitrogens with zero attached hydrogens (tertiary/aromatic N) is 2. The van der Waals surface area contributed by atoms with Gasteiger partial charge in [-0.2, -0.15) is 0 Å². The molecule has 1 fully saturated rings. The second-order valence-electron chi connectivity index (χ2n) is 7.05. The Kier molecular flexibility index (Phi) is 4.07. The van der Waals surface area contributed by atoms with Gasteiger partial charge < -0.3 is 14.2 Å². The van der Waals surface area contributed by atoms with Crippen LogP contribution in [0.5, 0.6) is 5.75 Å². The molecule has 0 unspecified atom stereocenters. The molecule has 0 N–H and O–H groups in total. The van der Waals surface area contributed by atoms with Crippen LogP contribution in [0.1, 0.15) is 23.6 Å². The van der Waals surface area contributed by atoms with E-state index in [-0.39, 0.29) is 24.0 Å². The number of pyridine rings is 1. The summed E-state index contributed by atoms with van der Waals surface area (Å²) in [6, 6.07) is 13.2. The van der Waals surface area contributed by atoms with Crippen LogP contribution in [0.15, 0.2) is 47.3 Å². The third kappa shape index (κ3) is 3.06. The number of rotatable bonds is 3. The molecule has 1 aromatic heterocycles. The van der Waals surface area contributed by atoms with E-state index in [4.69, 9.17) is 4.74 Å². The molecule has 0 radical (unpaired) electrons. The number of aromatic nitrogens is 1. The minimum absolute atomic E-state index is 0.0182. The number of fused-ring (bicyclic) bond motifs is 4. The Morgan fingerprint density at radius 2 is 1.96 bits per heavy atom. The van der Waals surface area contributed by atoms with E-state index < -0.39 is 0 Å². The highest BCUT2D eigenvalue weighted by atomic mass is 16.5. The smallest absolute Gasteiger partial charge is 0.260 e. The van der Waals surface area contributed by atoms with Gasteiger partial charge in [0.25, 0.3) is 11.5 Å². The van der Waals surface area contributed by atoms with Gasteiger partial charge in [-0.15, -0.1) is 0 Å². The number of piperidine rings is 1. The normalized spacial score (nSPS) is 21.6. The van der Waals surface area contributed by atoms with E-state index in [0.717, 1.165) is 23.4 Å². The molecule has 3 heterocycles. The summed E-state index contributed by atoms with van der Waals surface area (Å²) < 4.78 is 7.60. The van der Waals surface area contributed by atoms with Crippen LogP contribution in [0.4, 0.5) is 0 Å². The summed E-state index contributed by atoms with van der Waals surface area (Å²) in [5.41, 5.74) is 2.15. The SMILES string of the molecule is Cc1ccccc1OCC(=O)N1C[C@H]2C[C@@H](C1)c1cccc(=O)n1C2. The van der Waals surface area contributed by atoms with Crippen LogP contribution < -0.4 is 10.3 Å². The second-order valence-corrected chi connectivity index (χ2v) is 7.05. The first-order chi connectivity index (χ1) is 12.1. The maximum atomic E-state index is 12.6. The summed E-state index contributed by atoms with van der Waals surface area (Å²) >= 11 is 0. The minimum atomic E-state index is 0.0182. The predicted octanol–water partition coefficient (Wildman–Crippen LogP) is 2.18. The lowest BCUT2D eigenvalue weighted by molar-refractivity contribution is -0.136. The van der Waals surface area contributed by atoms with Crippen molar-refractivity contribution in [1.82, 2.24) is 9.47 Å². The third-order valence-corrected chi connectivity index (χ3v) is 5.28. The van der Waals surface area contributed by atoms with Crippen molar-refractivity contribution in [3.8, 4) is 5.75 Å². The van der Waals surface area contributed by atoms with Crippen molar-refractivity contribution in [2.75, 3.05) is 19.7 Å². The van der Waals surface area contributed by atoms with Gasteiger partial charge in [0.15, 0.2) is 6.61 Å². The number of amides is 1. The van der Waals surface area contributed by atoms with Gasteiger partial charge in [-0.05, 0) is 37.0 Å². The first-order valence-electron chi connectivity index (χ1n) is 8.78. The van der Waals surface area contributed by atoms with Crippen molar-refractivity contribution in [1.29, 1.82) is 0 Å². The van der Waals surface area contributed by atoms with Crippen LogP contribution in [-0.4, -0.2) is 35.1 Å². The van der Waals surface area contributed by atoms with Crippen molar-refractivity contribution in [2.45, 2.75) is 25.8 Å². The van der Waals surface area contributed by atoms with Crippen LogP contribution in [-0.2, 0) is 11.3 Å². The van der Waals surface area contributed by atoms with Crippen LogP contribution in [0.25, 0.3) is 0 Å². The maximum Gasteiger partial charge on any atom is 0.260 e. The monoisotopic (exact) mass is 338 g/mol. The number of ether oxygens (including phenoxy) is 1. The van der Waals surface area contributed by atoms with E-state index in [9.17, 15) is 9.59 Å². The van der Waals surface area contributed by atoms with E-state index in [1.807, 2.05) is 52.8 Å². The van der Waals surface area contributed by atoms with E-state index in [1.165, 1.54) is 0 Å². The van der Waals surface area contributed by atoms with Crippen LogP contribution in [0.3, 0.4) is 0 Å². The molecular weight excluding hydrogens is 316 g/mol. The Morgan fingerprint density at radius 1 is 1.12 bits per heavy atom. The summed E-state index contributed by atoms with van der Waals surface area (Å²) in [5, 5.41) is 0. The minimum Gasteiger partial charge on any atom is -0.484 e. The van der Waals surface area contributed by atoms with Gasteiger partial charge in [0, 0.05) is 37.3 Å². The summed E-state index contributed by atoms with van der Waals surface area (Å²) in [4.78, 5) is 26.6. The van der Waals surface area contributed by atoms with Gasteiger partial charge in [0.2, 0.25) is 0 Å². The number of aryl methyl sites for hydroxylation is 1. The molecule has 25 heavy (non-hydrogen) atoms. The Labute approximate surface area is 146 Å². The number of para-hydroxylation sites is 1. The van der Waals surface area contributed by atoms with Crippen molar-refractivity contribution in [3.63, 3.8) is 0 Å². The first kappa shape index (κ1) is 15.9. The lowest BCUT2D eigenvalue weighted by atomic mass is 9.83. The zero-order chi connectivity index (χ0) is 17.4. The lowest BCUT2D eigenvalue weighted by Gasteiger charge is -2.42. The summed E-state index contributed by atoms with van der Waals surface area (Å²) in [7, 11) is 0. The molecule has 4 rings (SSSR count). The van der Waals surface area contributed by atoms with Gasteiger partial charge in [0.1, 0.15) is 5.75 Å². The summed E-state index contributed by atoms with van der Waals surface area (Å²) in [5.74, 6) is 1.35. The fourth-order valence-electron chi connectivity index (χ4n) is 4.05. The van der Waals surface area contributed by atoms with Crippen LogP contribution in [0.2, 0.25) is 0 Å². The number of likely N-dealkylation sites (tertiary alicyclic amines) is 1. The third-order valence-electron chi connectivity index (χ3n) is 5.28.